The molecule has 0 saturated heterocycles. The Labute approximate surface area is 82.1 Å². The fourth-order valence-electron chi connectivity index (χ4n) is 1.86. The summed E-state index contributed by atoms with van der Waals surface area (Å²) in [5.74, 6) is 2.54. The van der Waals surface area contributed by atoms with E-state index in [-0.39, 0.29) is 0 Å². The van der Waals surface area contributed by atoms with E-state index in [1.54, 1.807) is 0 Å². The maximum Gasteiger partial charge on any atom is 0.243 e. The lowest BCUT2D eigenvalue weighted by atomic mass is 10.1. The normalized spacial score (nSPS) is 29.8. The molecule has 0 heterocycles. The number of hydrogen-bond donors (Lipinski definition) is 0. The average Bonchev–Trinajstić information content (AvgIpc) is 2.64. The summed E-state index contributed by atoms with van der Waals surface area (Å²) in [5.41, 5.74) is 3.64. The predicted molar refractivity (Wildman–Crippen MR) is 57.9 cm³/mol. The summed E-state index contributed by atoms with van der Waals surface area (Å²) in [5, 5.41) is 0. The molecule has 0 aromatic rings. The van der Waals surface area contributed by atoms with Crippen LogP contribution >= 0.6 is 0 Å². The lowest BCUT2D eigenvalue weighted by Crippen LogP contribution is -2.02. The molecule has 0 fully saturated rings. The molecular formula is C11H16OSi. The summed E-state index contributed by atoms with van der Waals surface area (Å²) < 4.78 is 5.82. The number of hydrogen-bond acceptors (Lipinski definition) is 1. The molecule has 2 aliphatic rings. The maximum absolute atomic E-state index is 5.82. The van der Waals surface area contributed by atoms with Gasteiger partial charge in [0.1, 0.15) is 0 Å². The number of fused-ring (bicyclic) bond motifs is 2. The van der Waals surface area contributed by atoms with E-state index in [4.69, 9.17) is 4.43 Å². The van der Waals surface area contributed by atoms with Crippen LogP contribution in [-0.2, 0) is 4.43 Å². The molecular weight excluding hydrogens is 176 g/mol. The first kappa shape index (κ1) is 8.82. The largest absolute Gasteiger partial charge is 0.548 e. The van der Waals surface area contributed by atoms with Gasteiger partial charge in [-0.05, 0) is 32.3 Å². The molecule has 0 saturated carbocycles. The first-order valence-electron chi connectivity index (χ1n) is 4.92. The van der Waals surface area contributed by atoms with E-state index in [2.05, 4.69) is 37.8 Å². The molecule has 70 valence electrons. The van der Waals surface area contributed by atoms with E-state index in [1.165, 1.54) is 17.8 Å². The highest BCUT2D eigenvalue weighted by Crippen LogP contribution is 2.38. The average molecular weight is 192 g/mol. The van der Waals surface area contributed by atoms with E-state index in [1.807, 2.05) is 0 Å². The van der Waals surface area contributed by atoms with Crippen LogP contribution in [0.4, 0.5) is 0 Å². The molecule has 2 heteroatoms. The molecule has 0 aromatic heterocycles. The van der Waals surface area contributed by atoms with Gasteiger partial charge in [-0.15, -0.1) is 0 Å². The second-order valence-electron chi connectivity index (χ2n) is 4.05. The van der Waals surface area contributed by atoms with Crippen LogP contribution in [0, 0.1) is 11.8 Å². The van der Waals surface area contributed by atoms with E-state index in [9.17, 15) is 0 Å². The van der Waals surface area contributed by atoms with Crippen molar-refractivity contribution in [3.05, 3.63) is 35.3 Å². The topological polar surface area (TPSA) is 9.23 Å². The van der Waals surface area contributed by atoms with E-state index < -0.39 is 9.76 Å². The minimum absolute atomic E-state index is 0.450. The van der Waals surface area contributed by atoms with Crippen molar-refractivity contribution in [2.75, 3.05) is 0 Å². The van der Waals surface area contributed by atoms with Gasteiger partial charge >= 0.3 is 0 Å². The molecule has 0 aliphatic heterocycles. The van der Waals surface area contributed by atoms with Crippen LogP contribution in [0.2, 0.25) is 0 Å². The van der Waals surface area contributed by atoms with Crippen LogP contribution in [0.1, 0.15) is 20.3 Å². The third-order valence-corrected chi connectivity index (χ3v) is 4.09. The molecule has 1 nitrogen and oxygen atoms in total. The molecule has 2 unspecified atom stereocenters. The Balaban J connectivity index is 1.84. The van der Waals surface area contributed by atoms with Crippen LogP contribution < -0.4 is 0 Å². The molecule has 2 aliphatic carbocycles. The smallest absolute Gasteiger partial charge is 0.243 e. The Morgan fingerprint density at radius 2 is 2.38 bits per heavy atom. The molecule has 0 spiro atoms. The second kappa shape index (κ2) is 3.54. The Morgan fingerprint density at radius 3 is 2.92 bits per heavy atom. The van der Waals surface area contributed by atoms with Crippen molar-refractivity contribution in [3.63, 3.8) is 0 Å². The van der Waals surface area contributed by atoms with Gasteiger partial charge in [-0.1, -0.05) is 23.4 Å². The molecule has 0 radical (unpaired) electrons. The minimum Gasteiger partial charge on any atom is -0.548 e. The first-order chi connectivity index (χ1) is 6.25. The Morgan fingerprint density at radius 1 is 1.54 bits per heavy atom. The van der Waals surface area contributed by atoms with Crippen LogP contribution in [0.3, 0.4) is 0 Å². The van der Waals surface area contributed by atoms with Crippen molar-refractivity contribution >= 4 is 9.76 Å². The van der Waals surface area contributed by atoms with Gasteiger partial charge in [0.05, 0.1) is 5.76 Å². The molecule has 0 amide bonds. The van der Waals surface area contributed by atoms with Crippen molar-refractivity contribution < 1.29 is 4.43 Å². The summed E-state index contributed by atoms with van der Waals surface area (Å²) >= 11 is 0. The van der Waals surface area contributed by atoms with E-state index in [0.29, 0.717) is 11.8 Å². The summed E-state index contributed by atoms with van der Waals surface area (Å²) in [7, 11) is -0.450. The highest BCUT2D eigenvalue weighted by atomic mass is 28.2. The zero-order valence-electron chi connectivity index (χ0n) is 8.29. The van der Waals surface area contributed by atoms with Crippen molar-refractivity contribution in [2.45, 2.75) is 20.3 Å². The predicted octanol–water partition coefficient (Wildman–Crippen LogP) is 2.10. The van der Waals surface area contributed by atoms with Gasteiger partial charge in [0, 0.05) is 5.92 Å². The SMILES string of the molecule is CC(C)=C[SiH2]OC1=CC2C=CC1C2. The minimum atomic E-state index is -0.450. The summed E-state index contributed by atoms with van der Waals surface area (Å²) in [4.78, 5) is 0. The third kappa shape index (κ3) is 1.94. The van der Waals surface area contributed by atoms with Crippen LogP contribution in [0.15, 0.2) is 35.3 Å². The maximum atomic E-state index is 5.82. The summed E-state index contributed by atoms with van der Waals surface area (Å²) in [6.45, 7) is 4.26. The lowest BCUT2D eigenvalue weighted by Gasteiger charge is -2.11. The Bertz CT molecular complexity index is 284. The quantitative estimate of drug-likeness (QED) is 0.491. The number of rotatable bonds is 3. The summed E-state index contributed by atoms with van der Waals surface area (Å²) in [6.07, 6.45) is 8.13. The van der Waals surface area contributed by atoms with Gasteiger partial charge in [-0.3, -0.25) is 0 Å². The molecule has 2 atom stereocenters. The van der Waals surface area contributed by atoms with Crippen LogP contribution in [0.5, 0.6) is 0 Å². The molecule has 0 aromatic carbocycles. The second-order valence-corrected chi connectivity index (χ2v) is 5.08. The van der Waals surface area contributed by atoms with Gasteiger partial charge < -0.3 is 4.43 Å². The fraction of sp³-hybridized carbons (Fsp3) is 0.455. The Kier molecular flexibility index (Phi) is 2.40. The monoisotopic (exact) mass is 192 g/mol. The van der Waals surface area contributed by atoms with Gasteiger partial charge in [0.25, 0.3) is 0 Å². The first-order valence-corrected chi connectivity index (χ1v) is 6.31. The van der Waals surface area contributed by atoms with Gasteiger partial charge in [0.2, 0.25) is 9.76 Å². The van der Waals surface area contributed by atoms with Crippen molar-refractivity contribution in [2.24, 2.45) is 11.8 Å². The fourth-order valence-corrected chi connectivity index (χ4v) is 2.78. The van der Waals surface area contributed by atoms with Crippen molar-refractivity contribution in [3.8, 4) is 0 Å². The van der Waals surface area contributed by atoms with Crippen molar-refractivity contribution in [1.29, 1.82) is 0 Å². The van der Waals surface area contributed by atoms with E-state index in [0.717, 1.165) is 0 Å². The number of allylic oxidation sites excluding steroid dienone is 4. The van der Waals surface area contributed by atoms with Gasteiger partial charge in [-0.2, -0.15) is 0 Å². The zero-order chi connectivity index (χ0) is 9.26. The molecule has 2 rings (SSSR count). The molecule has 13 heavy (non-hydrogen) atoms. The zero-order valence-corrected chi connectivity index (χ0v) is 9.70. The van der Waals surface area contributed by atoms with Gasteiger partial charge in [-0.25, -0.2) is 0 Å². The molecule has 2 bridgehead atoms. The van der Waals surface area contributed by atoms with Crippen LogP contribution in [0.25, 0.3) is 0 Å². The highest BCUT2D eigenvalue weighted by Gasteiger charge is 2.28. The van der Waals surface area contributed by atoms with Gasteiger partial charge in [0.15, 0.2) is 0 Å². The van der Waals surface area contributed by atoms with Crippen LogP contribution in [-0.4, -0.2) is 9.76 Å². The van der Waals surface area contributed by atoms with Crippen molar-refractivity contribution in [1.82, 2.24) is 0 Å². The molecule has 0 N–H and O–H groups in total. The third-order valence-electron chi connectivity index (χ3n) is 2.60. The highest BCUT2D eigenvalue weighted by molar-refractivity contribution is 6.34. The standard InChI is InChI=1S/C11H16OSi/c1-8(2)7-13-12-11-6-9-3-4-10(11)5-9/h3-4,6-7,9-10H,5,13H2,1-2H3. The summed E-state index contributed by atoms with van der Waals surface area (Å²) in [6, 6.07) is 0. The lowest BCUT2D eigenvalue weighted by molar-refractivity contribution is 0.409. The Hall–Kier alpha value is -0.763. The van der Waals surface area contributed by atoms with E-state index >= 15 is 0 Å².